The highest BCUT2D eigenvalue weighted by Gasteiger charge is 2.24. The Kier molecular flexibility index (Phi) is 11.6. The van der Waals surface area contributed by atoms with Gasteiger partial charge >= 0.3 is 12.1 Å². The summed E-state index contributed by atoms with van der Waals surface area (Å²) in [6.07, 6.45) is 0.168. The number of aliphatic carboxylic acids is 1. The number of amides is 3. The second kappa shape index (κ2) is 16.3. The molecule has 4 N–H and O–H groups in total. The molecule has 4 aromatic carbocycles. The van der Waals surface area contributed by atoms with Gasteiger partial charge in [-0.15, -0.1) is 0 Å². The zero-order valence-corrected chi connectivity index (χ0v) is 24.2. The van der Waals surface area contributed by atoms with Crippen LogP contribution >= 0.6 is 0 Å². The summed E-state index contributed by atoms with van der Waals surface area (Å²) in [5.41, 5.74) is 4.02. The first-order valence-corrected chi connectivity index (χ1v) is 14.4. The van der Waals surface area contributed by atoms with E-state index in [1.165, 1.54) is 0 Å². The molecule has 0 heterocycles. The molecular formula is C35H35N3O6. The highest BCUT2D eigenvalue weighted by atomic mass is 16.5. The summed E-state index contributed by atoms with van der Waals surface area (Å²) in [5.74, 6) is -1.81. The first kappa shape index (κ1) is 31.5. The molecule has 1 atom stereocenters. The zero-order valence-electron chi connectivity index (χ0n) is 24.2. The van der Waals surface area contributed by atoms with Crippen molar-refractivity contribution in [2.45, 2.75) is 38.3 Å². The second-order valence-electron chi connectivity index (χ2n) is 10.1. The number of hydrogen-bond acceptors (Lipinski definition) is 5. The number of hydrogen-bond donors (Lipinski definition) is 4. The number of para-hydroxylation sites is 1. The molecule has 0 saturated carbocycles. The molecule has 0 aliphatic rings. The van der Waals surface area contributed by atoms with Gasteiger partial charge in [0, 0.05) is 24.2 Å². The van der Waals surface area contributed by atoms with Crippen molar-refractivity contribution >= 4 is 29.6 Å². The lowest BCUT2D eigenvalue weighted by molar-refractivity contribution is -0.137. The third kappa shape index (κ3) is 9.55. The van der Waals surface area contributed by atoms with Gasteiger partial charge in [-0.25, -0.2) is 4.79 Å². The molecule has 0 radical (unpaired) electrons. The van der Waals surface area contributed by atoms with Crippen LogP contribution in [0.25, 0.3) is 11.1 Å². The van der Waals surface area contributed by atoms with E-state index in [2.05, 4.69) is 16.0 Å². The maximum absolute atomic E-state index is 13.6. The Morgan fingerprint density at radius 3 is 2.18 bits per heavy atom. The van der Waals surface area contributed by atoms with Crippen molar-refractivity contribution in [3.8, 4) is 11.1 Å². The molecule has 0 aliphatic heterocycles. The summed E-state index contributed by atoms with van der Waals surface area (Å²) in [4.78, 5) is 50.5. The predicted molar refractivity (Wildman–Crippen MR) is 168 cm³/mol. The monoisotopic (exact) mass is 593 g/mol. The van der Waals surface area contributed by atoms with E-state index in [-0.39, 0.29) is 32.4 Å². The molecule has 44 heavy (non-hydrogen) atoms. The highest BCUT2D eigenvalue weighted by molar-refractivity contribution is 6.04. The number of ether oxygens (including phenoxy) is 1. The number of anilines is 1. The van der Waals surface area contributed by atoms with Gasteiger partial charge in [-0.2, -0.15) is 0 Å². The van der Waals surface area contributed by atoms with Crippen LogP contribution in [0.15, 0.2) is 109 Å². The third-order valence-corrected chi connectivity index (χ3v) is 6.91. The largest absolute Gasteiger partial charge is 0.481 e. The van der Waals surface area contributed by atoms with E-state index in [1.54, 1.807) is 36.4 Å². The average Bonchev–Trinajstić information content (AvgIpc) is 3.05. The molecule has 0 fully saturated rings. The van der Waals surface area contributed by atoms with Gasteiger partial charge in [-0.3, -0.25) is 14.4 Å². The van der Waals surface area contributed by atoms with Gasteiger partial charge in [-0.05, 0) is 53.6 Å². The van der Waals surface area contributed by atoms with E-state index in [1.807, 2.05) is 72.8 Å². The van der Waals surface area contributed by atoms with Gasteiger partial charge in [0.2, 0.25) is 5.91 Å². The zero-order chi connectivity index (χ0) is 31.1. The number of carboxylic acids is 1. The van der Waals surface area contributed by atoms with Gasteiger partial charge in [-0.1, -0.05) is 97.1 Å². The van der Waals surface area contributed by atoms with Crippen molar-refractivity contribution in [3.05, 3.63) is 126 Å². The van der Waals surface area contributed by atoms with Crippen LogP contribution in [-0.2, 0) is 27.4 Å². The van der Waals surface area contributed by atoms with Crippen LogP contribution in [0.4, 0.5) is 10.5 Å². The Morgan fingerprint density at radius 2 is 1.43 bits per heavy atom. The maximum Gasteiger partial charge on any atom is 0.407 e. The van der Waals surface area contributed by atoms with Crippen LogP contribution in [0.1, 0.15) is 40.7 Å². The Labute approximate surface area is 256 Å². The van der Waals surface area contributed by atoms with Crippen LogP contribution in [0, 0.1) is 0 Å². The summed E-state index contributed by atoms with van der Waals surface area (Å²) < 4.78 is 5.25. The van der Waals surface area contributed by atoms with E-state index in [0.717, 1.165) is 16.7 Å². The molecule has 3 amide bonds. The van der Waals surface area contributed by atoms with Crippen molar-refractivity contribution in [3.63, 3.8) is 0 Å². The van der Waals surface area contributed by atoms with Gasteiger partial charge in [0.1, 0.15) is 12.6 Å². The molecule has 9 heteroatoms. The predicted octanol–water partition coefficient (Wildman–Crippen LogP) is 5.81. The van der Waals surface area contributed by atoms with Gasteiger partial charge < -0.3 is 25.8 Å². The molecular weight excluding hydrogens is 558 g/mol. The van der Waals surface area contributed by atoms with Crippen molar-refractivity contribution < 1.29 is 29.0 Å². The van der Waals surface area contributed by atoms with Gasteiger partial charge in [0.25, 0.3) is 5.91 Å². The molecule has 0 spiro atoms. The molecule has 226 valence electrons. The third-order valence-electron chi connectivity index (χ3n) is 6.91. The van der Waals surface area contributed by atoms with Gasteiger partial charge in [0.15, 0.2) is 0 Å². The van der Waals surface area contributed by atoms with Crippen molar-refractivity contribution in [1.82, 2.24) is 10.6 Å². The van der Waals surface area contributed by atoms with Crippen LogP contribution in [-0.4, -0.2) is 41.6 Å². The second-order valence-corrected chi connectivity index (χ2v) is 10.1. The summed E-state index contributed by atoms with van der Waals surface area (Å²) in [6.45, 7) is 0.360. The normalized spacial score (nSPS) is 11.2. The molecule has 4 aromatic rings. The number of benzene rings is 4. The Bertz CT molecular complexity index is 1560. The minimum absolute atomic E-state index is 0.0879. The number of alkyl carbamates (subject to hydrolysis) is 1. The lowest BCUT2D eigenvalue weighted by Crippen LogP contribution is -2.44. The quantitative estimate of drug-likeness (QED) is 0.136. The van der Waals surface area contributed by atoms with Crippen molar-refractivity contribution in [2.24, 2.45) is 0 Å². The van der Waals surface area contributed by atoms with E-state index < -0.39 is 29.9 Å². The van der Waals surface area contributed by atoms with E-state index in [4.69, 9.17) is 9.84 Å². The number of rotatable bonds is 14. The maximum atomic E-state index is 13.6. The standard InChI is InChI=1S/C35H35N3O6/c39-32(40)22-21-27-16-7-10-19-30(27)37-34(42)31(20-11-23-36-35(43)44-24-25-12-3-1-4-13-25)38-33(41)29-18-9-8-17-28(29)26-14-5-2-6-15-26/h1-10,12-19,31H,11,20-24H2,(H,36,43)(H,37,42)(H,38,41)(H,39,40)/t31-/m0/s1. The minimum Gasteiger partial charge on any atom is -0.481 e. The van der Waals surface area contributed by atoms with Crippen molar-refractivity contribution in [1.29, 1.82) is 0 Å². The molecule has 0 aromatic heterocycles. The first-order chi connectivity index (χ1) is 21.4. The Balaban J connectivity index is 1.44. The van der Waals surface area contributed by atoms with Crippen LogP contribution in [0.2, 0.25) is 0 Å². The van der Waals surface area contributed by atoms with Crippen molar-refractivity contribution in [2.75, 3.05) is 11.9 Å². The molecule has 0 bridgehead atoms. The topological polar surface area (TPSA) is 134 Å². The van der Waals surface area contributed by atoms with Crippen LogP contribution in [0.5, 0.6) is 0 Å². The number of aryl methyl sites for hydroxylation is 1. The summed E-state index contributed by atoms with van der Waals surface area (Å²) in [6, 6.07) is 32.0. The van der Waals surface area contributed by atoms with E-state index in [9.17, 15) is 19.2 Å². The molecule has 0 saturated heterocycles. The number of carboxylic acid groups (broad SMARTS) is 1. The van der Waals surface area contributed by atoms with Gasteiger partial charge in [0.05, 0.1) is 0 Å². The fraction of sp³-hybridized carbons (Fsp3) is 0.200. The smallest absolute Gasteiger partial charge is 0.407 e. The number of nitrogens with one attached hydrogen (secondary N) is 3. The summed E-state index contributed by atoms with van der Waals surface area (Å²) >= 11 is 0. The molecule has 0 aliphatic carbocycles. The average molecular weight is 594 g/mol. The lowest BCUT2D eigenvalue weighted by Gasteiger charge is -2.21. The fourth-order valence-electron chi connectivity index (χ4n) is 4.65. The lowest BCUT2D eigenvalue weighted by atomic mass is 9.98. The van der Waals surface area contributed by atoms with E-state index >= 15 is 0 Å². The minimum atomic E-state index is -0.944. The van der Waals surface area contributed by atoms with E-state index in [0.29, 0.717) is 23.2 Å². The SMILES string of the molecule is O=C(O)CCc1ccccc1NC(=O)[C@H](CCCNC(=O)OCc1ccccc1)NC(=O)c1ccccc1-c1ccccc1. The van der Waals surface area contributed by atoms with Crippen LogP contribution in [0.3, 0.4) is 0 Å². The number of carbonyl (C=O) groups is 4. The molecule has 0 unspecified atom stereocenters. The Hall–Kier alpha value is -5.44. The molecule has 4 rings (SSSR count). The van der Waals surface area contributed by atoms with Crippen LogP contribution < -0.4 is 16.0 Å². The summed E-state index contributed by atoms with van der Waals surface area (Å²) in [7, 11) is 0. The first-order valence-electron chi connectivity index (χ1n) is 14.4. The number of carbonyl (C=O) groups excluding carboxylic acids is 3. The fourth-order valence-corrected chi connectivity index (χ4v) is 4.65. The molecule has 9 nitrogen and oxygen atoms in total. The highest BCUT2D eigenvalue weighted by Crippen LogP contribution is 2.24. The Morgan fingerprint density at radius 1 is 0.773 bits per heavy atom. The summed E-state index contributed by atoms with van der Waals surface area (Å²) in [5, 5.41) is 17.6.